The van der Waals surface area contributed by atoms with Crippen LogP contribution in [0.15, 0.2) is 34.2 Å². The summed E-state index contributed by atoms with van der Waals surface area (Å²) >= 11 is 0. The van der Waals surface area contributed by atoms with Gasteiger partial charge in [0.25, 0.3) is 0 Å². The number of hydrogen-bond donors (Lipinski definition) is 1. The van der Waals surface area contributed by atoms with Crippen molar-refractivity contribution in [3.8, 4) is 0 Å². The maximum atomic E-state index is 11.4. The molecule has 0 amide bonds. The zero-order valence-electron chi connectivity index (χ0n) is 13.4. The Morgan fingerprint density at radius 1 is 1.23 bits per heavy atom. The predicted octanol–water partition coefficient (Wildman–Crippen LogP) is 1.69. The predicted molar refractivity (Wildman–Crippen MR) is 90.0 cm³/mol. The van der Waals surface area contributed by atoms with Gasteiger partial charge >= 0.3 is 0 Å². The molecule has 1 aromatic rings. The summed E-state index contributed by atoms with van der Waals surface area (Å²) in [5.41, 5.74) is 1.11. The van der Waals surface area contributed by atoms with Crippen LogP contribution in [-0.4, -0.2) is 51.7 Å². The van der Waals surface area contributed by atoms with Crippen LogP contribution in [0.1, 0.15) is 25.3 Å². The molecule has 1 heterocycles. The van der Waals surface area contributed by atoms with Gasteiger partial charge in [0.1, 0.15) is 0 Å². The summed E-state index contributed by atoms with van der Waals surface area (Å²) in [5, 5.41) is 3.34. The van der Waals surface area contributed by atoms with Crippen LogP contribution < -0.4 is 5.32 Å². The minimum Gasteiger partial charge on any atom is -0.357 e. The van der Waals surface area contributed by atoms with Crippen LogP contribution in [0.2, 0.25) is 0 Å². The second-order valence-corrected chi connectivity index (χ2v) is 7.61. The lowest BCUT2D eigenvalue weighted by atomic mass is 10.1. The first-order valence-electron chi connectivity index (χ1n) is 7.83. The molecule has 22 heavy (non-hydrogen) atoms. The van der Waals surface area contributed by atoms with Crippen molar-refractivity contribution in [2.45, 2.75) is 31.1 Å². The molecule has 6 heteroatoms. The van der Waals surface area contributed by atoms with Crippen LogP contribution in [0.25, 0.3) is 0 Å². The lowest BCUT2D eigenvalue weighted by molar-refractivity contribution is 0.494. The number of benzene rings is 1. The first kappa shape index (κ1) is 16.8. The molecule has 1 saturated heterocycles. The highest BCUT2D eigenvalue weighted by atomic mass is 32.2. The molecule has 0 atom stereocenters. The molecule has 122 valence electrons. The Hall–Kier alpha value is -1.56. The minimum atomic E-state index is -3.12. The zero-order valence-corrected chi connectivity index (χ0v) is 14.2. The lowest BCUT2D eigenvalue weighted by Gasteiger charge is -2.20. The van der Waals surface area contributed by atoms with Gasteiger partial charge in [-0.2, -0.15) is 0 Å². The van der Waals surface area contributed by atoms with Crippen molar-refractivity contribution in [3.63, 3.8) is 0 Å². The van der Waals surface area contributed by atoms with Crippen molar-refractivity contribution < 1.29 is 8.42 Å². The zero-order chi connectivity index (χ0) is 16.0. The molecule has 1 aliphatic rings. The van der Waals surface area contributed by atoms with Crippen LogP contribution in [-0.2, 0) is 16.3 Å². The highest BCUT2D eigenvalue weighted by molar-refractivity contribution is 7.90. The van der Waals surface area contributed by atoms with Crippen LogP contribution in [0.3, 0.4) is 0 Å². The van der Waals surface area contributed by atoms with E-state index in [1.54, 1.807) is 12.1 Å². The number of sulfone groups is 1. The molecule has 0 radical (unpaired) electrons. The number of nitrogens with one attached hydrogen (secondary N) is 1. The Kier molecular flexibility index (Phi) is 5.83. The fourth-order valence-corrected chi connectivity index (χ4v) is 3.18. The second-order valence-electron chi connectivity index (χ2n) is 5.60. The minimum absolute atomic E-state index is 0.366. The van der Waals surface area contributed by atoms with Crippen molar-refractivity contribution >= 4 is 15.8 Å². The van der Waals surface area contributed by atoms with Gasteiger partial charge in [-0.15, -0.1) is 0 Å². The van der Waals surface area contributed by atoms with Crippen molar-refractivity contribution in [2.75, 3.05) is 32.4 Å². The van der Waals surface area contributed by atoms with Gasteiger partial charge in [-0.05, 0) is 43.9 Å². The molecule has 0 saturated carbocycles. The van der Waals surface area contributed by atoms with Crippen molar-refractivity contribution in [1.82, 2.24) is 10.2 Å². The van der Waals surface area contributed by atoms with Crippen LogP contribution in [0.5, 0.6) is 0 Å². The van der Waals surface area contributed by atoms with Crippen molar-refractivity contribution in [1.29, 1.82) is 0 Å². The van der Waals surface area contributed by atoms with E-state index in [0.29, 0.717) is 11.4 Å². The topological polar surface area (TPSA) is 61.8 Å². The van der Waals surface area contributed by atoms with Gasteiger partial charge in [0.05, 0.1) is 4.90 Å². The largest absolute Gasteiger partial charge is 0.357 e. The first-order valence-corrected chi connectivity index (χ1v) is 9.72. The number of guanidine groups is 1. The number of aliphatic imine (C=N–C) groups is 1. The van der Waals surface area contributed by atoms with Crippen molar-refractivity contribution in [2.24, 2.45) is 4.99 Å². The average molecular weight is 323 g/mol. The molecule has 1 aliphatic heterocycles. The van der Waals surface area contributed by atoms with Gasteiger partial charge in [-0.1, -0.05) is 12.1 Å². The summed E-state index contributed by atoms with van der Waals surface area (Å²) in [5.74, 6) is 0.993. The average Bonchev–Trinajstić information content (AvgIpc) is 3.00. The highest BCUT2D eigenvalue weighted by Gasteiger charge is 2.15. The molecule has 0 aliphatic carbocycles. The van der Waals surface area contributed by atoms with E-state index < -0.39 is 9.84 Å². The molecule has 0 bridgehead atoms. The monoisotopic (exact) mass is 323 g/mol. The SMILES string of the molecule is CCNC(=NCCc1ccc(S(C)(=O)=O)cc1)N1CCCC1. The first-order chi connectivity index (χ1) is 10.5. The molecular weight excluding hydrogens is 298 g/mol. The van der Waals surface area contributed by atoms with E-state index in [9.17, 15) is 8.42 Å². The van der Waals surface area contributed by atoms with E-state index in [4.69, 9.17) is 0 Å². The normalized spacial score (nSPS) is 16.1. The lowest BCUT2D eigenvalue weighted by Crippen LogP contribution is -2.39. The molecule has 1 N–H and O–H groups in total. The molecule has 0 spiro atoms. The maximum Gasteiger partial charge on any atom is 0.193 e. The third kappa shape index (κ3) is 4.73. The second kappa shape index (κ2) is 7.63. The van der Waals surface area contributed by atoms with E-state index in [1.165, 1.54) is 19.1 Å². The standard InChI is InChI=1S/C16H25N3O2S/c1-3-17-16(19-12-4-5-13-19)18-11-10-14-6-8-15(9-7-14)22(2,20)21/h6-9H,3-5,10-13H2,1-2H3,(H,17,18). The van der Waals surface area contributed by atoms with Gasteiger partial charge in [-0.3, -0.25) is 4.99 Å². The summed E-state index contributed by atoms with van der Waals surface area (Å²) in [6.07, 6.45) is 4.51. The third-order valence-corrected chi connectivity index (χ3v) is 4.88. The summed E-state index contributed by atoms with van der Waals surface area (Å²) < 4.78 is 22.9. The Bertz CT molecular complexity index is 603. The molecule has 2 rings (SSSR count). The van der Waals surface area contributed by atoms with Gasteiger partial charge in [0.15, 0.2) is 15.8 Å². The quantitative estimate of drug-likeness (QED) is 0.662. The number of nitrogens with zero attached hydrogens (tertiary/aromatic N) is 2. The molecule has 1 fully saturated rings. The molecule has 0 aromatic heterocycles. The molecule has 0 unspecified atom stereocenters. The Balaban J connectivity index is 1.94. The van der Waals surface area contributed by atoms with Crippen LogP contribution in [0.4, 0.5) is 0 Å². The van der Waals surface area contributed by atoms with E-state index in [-0.39, 0.29) is 0 Å². The van der Waals surface area contributed by atoms with Crippen LogP contribution in [0, 0.1) is 0 Å². The summed E-state index contributed by atoms with van der Waals surface area (Å²) in [4.78, 5) is 7.34. The Morgan fingerprint density at radius 2 is 1.86 bits per heavy atom. The van der Waals surface area contributed by atoms with E-state index in [1.807, 2.05) is 12.1 Å². The summed E-state index contributed by atoms with van der Waals surface area (Å²) in [6, 6.07) is 7.07. The van der Waals surface area contributed by atoms with Gasteiger partial charge in [0, 0.05) is 32.4 Å². The molecule has 1 aromatic carbocycles. The molecular formula is C16H25N3O2S. The Labute approximate surface area is 133 Å². The fourth-order valence-electron chi connectivity index (χ4n) is 2.55. The van der Waals surface area contributed by atoms with E-state index in [0.717, 1.165) is 37.6 Å². The third-order valence-electron chi connectivity index (χ3n) is 3.75. The van der Waals surface area contributed by atoms with Gasteiger partial charge < -0.3 is 10.2 Å². The number of likely N-dealkylation sites (tertiary alicyclic amines) is 1. The fraction of sp³-hybridized carbons (Fsp3) is 0.562. The smallest absolute Gasteiger partial charge is 0.193 e. The highest BCUT2D eigenvalue weighted by Crippen LogP contribution is 2.11. The van der Waals surface area contributed by atoms with E-state index in [2.05, 4.69) is 22.1 Å². The Morgan fingerprint density at radius 3 is 2.41 bits per heavy atom. The number of hydrogen-bond acceptors (Lipinski definition) is 3. The summed E-state index contributed by atoms with van der Waals surface area (Å²) in [6.45, 7) is 5.81. The van der Waals surface area contributed by atoms with Crippen molar-refractivity contribution in [3.05, 3.63) is 29.8 Å². The maximum absolute atomic E-state index is 11.4. The van der Waals surface area contributed by atoms with Crippen LogP contribution >= 0.6 is 0 Å². The van der Waals surface area contributed by atoms with Gasteiger partial charge in [0.2, 0.25) is 0 Å². The van der Waals surface area contributed by atoms with Gasteiger partial charge in [-0.25, -0.2) is 8.42 Å². The summed E-state index contributed by atoms with van der Waals surface area (Å²) in [7, 11) is -3.12. The van der Waals surface area contributed by atoms with E-state index >= 15 is 0 Å². The molecule has 5 nitrogen and oxygen atoms in total. The number of rotatable bonds is 5.